The van der Waals surface area contributed by atoms with E-state index < -0.39 is 77.6 Å². The number of unbranched alkanes of at least 4 members (excludes halogenated alkanes) is 1. The Labute approximate surface area is 348 Å². The Hall–Kier alpha value is -3.93. The minimum atomic E-state index is -1.28. The van der Waals surface area contributed by atoms with Crippen molar-refractivity contribution in [3.05, 3.63) is 43.1 Å². The molecule has 1 amide bonds. The van der Waals surface area contributed by atoms with Gasteiger partial charge in [0.25, 0.3) is 0 Å². The van der Waals surface area contributed by atoms with Gasteiger partial charge in [-0.25, -0.2) is 4.79 Å². The summed E-state index contributed by atoms with van der Waals surface area (Å²) in [4.78, 5) is 44.1. The molecule has 2 unspecified atom stereocenters. The number of aromatic nitrogens is 3. The highest BCUT2D eigenvalue weighted by molar-refractivity contribution is 6.00. The number of nitrogens with zero attached hydrogens (tertiary/aromatic N) is 4. The van der Waals surface area contributed by atoms with E-state index in [1.807, 2.05) is 58.2 Å². The number of anilines is 1. The average Bonchev–Trinajstić information content (AvgIpc) is 3.78. The van der Waals surface area contributed by atoms with Crippen molar-refractivity contribution < 1.29 is 43.2 Å². The molecule has 3 saturated heterocycles. The Kier molecular flexibility index (Phi) is 15.4. The zero-order valence-electron chi connectivity index (χ0n) is 36.0. The Morgan fingerprint density at radius 2 is 1.86 bits per heavy atom. The van der Waals surface area contributed by atoms with Crippen LogP contribution in [0.3, 0.4) is 0 Å². The molecule has 3 aliphatic heterocycles. The van der Waals surface area contributed by atoms with Crippen molar-refractivity contribution in [1.29, 1.82) is 0 Å². The van der Waals surface area contributed by atoms with Gasteiger partial charge in [-0.2, -0.15) is 0 Å². The summed E-state index contributed by atoms with van der Waals surface area (Å²) in [5, 5.41) is 23.4. The SMILES string of the molecule is C=CC[C@H]1NC[C@H](C)C[C@@](C)(OC)[C@H](O[C@@H]2O[C@H](C)CC(N)C2O)[C@@H](C)C(=O)[C@@H](C)C(=O)O[C@H](CC)[C@@]2(C)OC(=O)N(CCCCn3cc(-c4cccc(N)c4)nn3)[C@H]12. The number of carbonyl (C=O) groups excluding carboxylic acids is 3. The maximum atomic E-state index is 14.3. The number of ketones is 1. The van der Waals surface area contributed by atoms with Crippen LogP contribution >= 0.6 is 0 Å². The van der Waals surface area contributed by atoms with Crippen LogP contribution in [0.15, 0.2) is 43.1 Å². The number of hydrogen-bond acceptors (Lipinski definition) is 14. The third-order valence-electron chi connectivity index (χ3n) is 12.5. The quantitative estimate of drug-likeness (QED) is 0.0775. The Morgan fingerprint density at radius 3 is 2.54 bits per heavy atom. The van der Waals surface area contributed by atoms with Crippen LogP contribution in [0.1, 0.15) is 87.0 Å². The zero-order chi connectivity index (χ0) is 43.2. The number of Topliss-reactive ketones (excluding diaryl/α,β-unsaturated/α-hetero) is 1. The van der Waals surface area contributed by atoms with E-state index in [4.69, 9.17) is 35.2 Å². The lowest BCUT2D eigenvalue weighted by Crippen LogP contribution is -2.61. The highest BCUT2D eigenvalue weighted by Crippen LogP contribution is 2.40. The van der Waals surface area contributed by atoms with E-state index in [-0.39, 0.29) is 18.1 Å². The van der Waals surface area contributed by atoms with Crippen LogP contribution < -0.4 is 16.8 Å². The Balaban J connectivity index is 1.42. The molecular formula is C43H67N7O9. The van der Waals surface area contributed by atoms with Gasteiger partial charge in [0, 0.05) is 49.5 Å². The average molecular weight is 826 g/mol. The van der Waals surface area contributed by atoms with E-state index >= 15 is 0 Å². The van der Waals surface area contributed by atoms with Crippen molar-refractivity contribution >= 4 is 23.5 Å². The molecular weight excluding hydrogens is 759 g/mol. The minimum absolute atomic E-state index is 0.0564. The lowest BCUT2D eigenvalue weighted by molar-refractivity contribution is -0.288. The van der Waals surface area contributed by atoms with E-state index in [1.165, 1.54) is 6.92 Å². The zero-order valence-corrected chi connectivity index (χ0v) is 36.0. The van der Waals surface area contributed by atoms with Gasteiger partial charge < -0.3 is 45.6 Å². The number of methoxy groups -OCH3 is 1. The number of esters is 1. The molecule has 6 N–H and O–H groups in total. The number of fused-ring (bicyclic) bond motifs is 1. The lowest BCUT2D eigenvalue weighted by Gasteiger charge is -2.45. The summed E-state index contributed by atoms with van der Waals surface area (Å²) in [6.07, 6.45) is 1.77. The van der Waals surface area contributed by atoms with Gasteiger partial charge in [-0.05, 0) is 90.8 Å². The van der Waals surface area contributed by atoms with Crippen LogP contribution in [-0.2, 0) is 39.8 Å². The molecule has 328 valence electrons. The third-order valence-corrected chi connectivity index (χ3v) is 12.5. The van der Waals surface area contributed by atoms with Crippen LogP contribution in [0.2, 0.25) is 0 Å². The molecule has 0 spiro atoms. The third kappa shape index (κ3) is 10.3. The van der Waals surface area contributed by atoms with Gasteiger partial charge in [-0.1, -0.05) is 44.2 Å². The predicted molar refractivity (Wildman–Crippen MR) is 222 cm³/mol. The van der Waals surface area contributed by atoms with E-state index in [1.54, 1.807) is 29.7 Å². The fourth-order valence-electron chi connectivity index (χ4n) is 9.21. The summed E-state index contributed by atoms with van der Waals surface area (Å²) in [7, 11) is 1.56. The van der Waals surface area contributed by atoms with Crippen molar-refractivity contribution in [2.75, 3.05) is 25.9 Å². The second-order valence-electron chi connectivity index (χ2n) is 17.3. The summed E-state index contributed by atoms with van der Waals surface area (Å²) in [5.74, 6) is -3.33. The lowest BCUT2D eigenvalue weighted by atomic mass is 9.78. The number of nitrogens with one attached hydrogen (secondary N) is 1. The smallest absolute Gasteiger partial charge is 0.410 e. The van der Waals surface area contributed by atoms with Gasteiger partial charge in [-0.3, -0.25) is 19.2 Å². The van der Waals surface area contributed by atoms with E-state index in [9.17, 15) is 19.5 Å². The first-order chi connectivity index (χ1) is 28.0. The number of nitrogens with two attached hydrogens (primary N) is 2. The molecule has 0 bridgehead atoms. The molecule has 0 aliphatic carbocycles. The molecule has 1 aromatic heterocycles. The van der Waals surface area contributed by atoms with Gasteiger partial charge in [0.1, 0.15) is 23.8 Å². The molecule has 2 aromatic rings. The maximum Gasteiger partial charge on any atom is 0.410 e. The van der Waals surface area contributed by atoms with E-state index in [0.29, 0.717) is 63.8 Å². The highest BCUT2D eigenvalue weighted by Gasteiger charge is 2.59. The number of cyclic esters (lactones) is 1. The number of aliphatic hydroxyl groups is 1. The van der Waals surface area contributed by atoms with Crippen LogP contribution in [0.5, 0.6) is 0 Å². The summed E-state index contributed by atoms with van der Waals surface area (Å²) in [6, 6.07) is 5.96. The number of aryl methyl sites for hydroxylation is 1. The molecule has 0 saturated carbocycles. The molecule has 3 fully saturated rings. The molecule has 16 nitrogen and oxygen atoms in total. The Morgan fingerprint density at radius 1 is 1.14 bits per heavy atom. The van der Waals surface area contributed by atoms with Crippen LogP contribution in [0.25, 0.3) is 11.3 Å². The summed E-state index contributed by atoms with van der Waals surface area (Å²) < 4.78 is 33.0. The molecule has 4 heterocycles. The number of nitrogen functional groups attached to an aromatic ring is 1. The normalized spacial score (nSPS) is 36.3. The highest BCUT2D eigenvalue weighted by atomic mass is 16.7. The monoisotopic (exact) mass is 826 g/mol. The molecule has 3 aliphatic rings. The molecule has 13 atom stereocenters. The van der Waals surface area contributed by atoms with Crippen LogP contribution in [0, 0.1) is 17.8 Å². The van der Waals surface area contributed by atoms with Gasteiger partial charge in [-0.15, -0.1) is 11.7 Å². The maximum absolute atomic E-state index is 14.3. The molecule has 0 radical (unpaired) electrons. The topological polar surface area (TPSA) is 216 Å². The second-order valence-corrected chi connectivity index (χ2v) is 17.3. The number of carbonyl (C=O) groups is 3. The molecule has 59 heavy (non-hydrogen) atoms. The Bertz CT molecular complexity index is 1760. The second kappa shape index (κ2) is 19.6. The summed E-state index contributed by atoms with van der Waals surface area (Å²) in [6.45, 7) is 18.2. The van der Waals surface area contributed by atoms with Gasteiger partial charge in [0.15, 0.2) is 17.7 Å². The van der Waals surface area contributed by atoms with Crippen molar-refractivity contribution in [3.8, 4) is 11.3 Å². The number of amides is 1. The number of rotatable bonds is 12. The first-order valence-corrected chi connectivity index (χ1v) is 21.1. The fraction of sp³-hybridized carbons (Fsp3) is 0.698. The number of benzene rings is 1. The summed E-state index contributed by atoms with van der Waals surface area (Å²) >= 11 is 0. The van der Waals surface area contributed by atoms with Crippen molar-refractivity contribution in [2.24, 2.45) is 23.5 Å². The molecule has 5 rings (SSSR count). The predicted octanol–water partition coefficient (Wildman–Crippen LogP) is 4.24. The number of hydrogen-bond donors (Lipinski definition) is 4. The first-order valence-electron chi connectivity index (χ1n) is 21.1. The van der Waals surface area contributed by atoms with E-state index in [2.05, 4.69) is 29.1 Å². The van der Waals surface area contributed by atoms with Gasteiger partial charge >= 0.3 is 12.1 Å². The largest absolute Gasteiger partial charge is 0.458 e. The standard InChI is InChI=1S/C43H67N7O9/c1-10-15-32-37-43(8,59-41(54)50(37)19-13-12-18-49-24-33(47-48-49)29-16-14-17-30(44)21-29)34(11-2)57-39(53)28(6)35(51)27(5)38(42(7,55-9)22-25(3)23-46-32)58-40-36(52)31(45)20-26(4)56-40/h10,14,16-17,21,24-28,31-32,34,36-38,40,46,52H,1,11-13,15,18-20,22-23,44-45H2,2-9H3/t25-,26-,27+,28-,31?,32-,34-,36?,37-,38-,40+,42-,43-/m1/s1. The van der Waals surface area contributed by atoms with Crippen molar-refractivity contribution in [2.45, 2.75) is 154 Å². The van der Waals surface area contributed by atoms with Gasteiger partial charge in [0.05, 0.1) is 30.0 Å². The minimum Gasteiger partial charge on any atom is -0.458 e. The molecule has 1 aromatic carbocycles. The number of aliphatic hydroxyl groups excluding tert-OH is 1. The summed E-state index contributed by atoms with van der Waals surface area (Å²) in [5.41, 5.74) is 12.1. The fourth-order valence-corrected chi connectivity index (χ4v) is 9.21. The van der Waals surface area contributed by atoms with Crippen LogP contribution in [-0.4, -0.2) is 123 Å². The van der Waals surface area contributed by atoms with E-state index in [0.717, 1.165) is 11.3 Å². The van der Waals surface area contributed by atoms with Crippen molar-refractivity contribution in [3.63, 3.8) is 0 Å². The van der Waals surface area contributed by atoms with Crippen LogP contribution in [0.4, 0.5) is 10.5 Å². The first kappa shape index (κ1) is 46.1. The van der Waals surface area contributed by atoms with Crippen molar-refractivity contribution in [1.82, 2.24) is 25.2 Å². The van der Waals surface area contributed by atoms with Gasteiger partial charge in [0.2, 0.25) is 0 Å². The molecule has 16 heteroatoms. The number of ether oxygens (including phenoxy) is 5.